The molecule has 2 heterocycles. The average Bonchev–Trinajstić information content (AvgIpc) is 3.05. The summed E-state index contributed by atoms with van der Waals surface area (Å²) in [4.78, 5) is 4.24. The van der Waals surface area contributed by atoms with Gasteiger partial charge in [-0.3, -0.25) is 4.98 Å². The molecular weight excluding hydrogens is 294 g/mol. The van der Waals surface area contributed by atoms with Gasteiger partial charge in [0, 0.05) is 35.2 Å². The van der Waals surface area contributed by atoms with Crippen molar-refractivity contribution in [3.8, 4) is 22.9 Å². The van der Waals surface area contributed by atoms with E-state index in [-0.39, 0.29) is 0 Å². The monoisotopic (exact) mass is 309 g/mol. The highest BCUT2D eigenvalue weighted by atomic mass is 15.0. The second kappa shape index (κ2) is 5.68. The molecule has 0 radical (unpaired) electrons. The van der Waals surface area contributed by atoms with Crippen molar-refractivity contribution in [3.63, 3.8) is 0 Å². The lowest BCUT2D eigenvalue weighted by atomic mass is 10.0. The van der Waals surface area contributed by atoms with Crippen LogP contribution in [0.1, 0.15) is 11.1 Å². The molecule has 0 aliphatic rings. The Labute approximate surface area is 140 Å². The summed E-state index contributed by atoms with van der Waals surface area (Å²) in [5.41, 5.74) is 6.31. The van der Waals surface area contributed by atoms with E-state index >= 15 is 0 Å². The Hall–Kier alpha value is -3.38. The van der Waals surface area contributed by atoms with E-state index in [9.17, 15) is 0 Å². The van der Waals surface area contributed by atoms with Crippen molar-refractivity contribution in [1.82, 2.24) is 9.55 Å². The third-order valence-corrected chi connectivity index (χ3v) is 4.29. The van der Waals surface area contributed by atoms with Crippen molar-refractivity contribution in [2.24, 2.45) is 0 Å². The summed E-state index contributed by atoms with van der Waals surface area (Å²) < 4.78 is 2.11. The lowest BCUT2D eigenvalue weighted by Gasteiger charge is -2.08. The van der Waals surface area contributed by atoms with Gasteiger partial charge in [-0.25, -0.2) is 0 Å². The van der Waals surface area contributed by atoms with Crippen LogP contribution in [-0.4, -0.2) is 9.55 Å². The van der Waals surface area contributed by atoms with Crippen molar-refractivity contribution in [1.29, 1.82) is 5.26 Å². The highest BCUT2D eigenvalue weighted by Gasteiger charge is 2.07. The maximum absolute atomic E-state index is 9.10. The van der Waals surface area contributed by atoms with Crippen molar-refractivity contribution in [3.05, 3.63) is 84.3 Å². The summed E-state index contributed by atoms with van der Waals surface area (Å²) in [5.74, 6) is 0. The van der Waals surface area contributed by atoms with Gasteiger partial charge in [-0.05, 0) is 60.5 Å². The molecule has 0 amide bonds. The van der Waals surface area contributed by atoms with Crippen LogP contribution < -0.4 is 0 Å². The standard InChI is InChI=1S/C21H15N3/c1-15-7-9-23-14-20(15)17-5-6-21-18(12-17)8-10-24(21)19-4-2-3-16(11-19)13-22/h2-12,14H,1H3. The molecule has 0 atom stereocenters. The molecule has 4 aromatic rings. The lowest BCUT2D eigenvalue weighted by molar-refractivity contribution is 1.13. The van der Waals surface area contributed by atoms with Crippen LogP contribution in [0.25, 0.3) is 27.7 Å². The summed E-state index contributed by atoms with van der Waals surface area (Å²) in [7, 11) is 0. The Bertz CT molecular complexity index is 1080. The van der Waals surface area contributed by atoms with Gasteiger partial charge in [0.25, 0.3) is 0 Å². The van der Waals surface area contributed by atoms with Gasteiger partial charge in [-0.1, -0.05) is 12.1 Å². The number of aryl methyl sites for hydroxylation is 1. The molecule has 0 aliphatic heterocycles. The molecule has 3 heteroatoms. The first kappa shape index (κ1) is 14.2. The number of aromatic nitrogens is 2. The number of hydrogen-bond donors (Lipinski definition) is 0. The molecule has 0 saturated heterocycles. The number of rotatable bonds is 2. The van der Waals surface area contributed by atoms with E-state index in [2.05, 4.69) is 46.8 Å². The van der Waals surface area contributed by atoms with Gasteiger partial charge in [-0.15, -0.1) is 0 Å². The molecule has 2 aromatic carbocycles. The number of benzene rings is 2. The fourth-order valence-electron chi connectivity index (χ4n) is 3.03. The molecule has 0 spiro atoms. The van der Waals surface area contributed by atoms with E-state index in [0.29, 0.717) is 5.56 Å². The largest absolute Gasteiger partial charge is 0.317 e. The number of nitrogens with zero attached hydrogens (tertiary/aromatic N) is 3. The molecule has 3 nitrogen and oxygen atoms in total. The highest BCUT2D eigenvalue weighted by molar-refractivity contribution is 5.87. The first-order valence-electron chi connectivity index (χ1n) is 7.79. The fourth-order valence-corrected chi connectivity index (χ4v) is 3.03. The number of fused-ring (bicyclic) bond motifs is 1. The Balaban J connectivity index is 1.84. The number of nitriles is 1. The van der Waals surface area contributed by atoms with Crippen LogP contribution in [0.3, 0.4) is 0 Å². The molecule has 114 valence electrons. The van der Waals surface area contributed by atoms with Gasteiger partial charge in [-0.2, -0.15) is 5.26 Å². The second-order valence-corrected chi connectivity index (χ2v) is 5.81. The van der Waals surface area contributed by atoms with Crippen LogP contribution in [0.15, 0.2) is 73.2 Å². The molecule has 0 saturated carbocycles. The Morgan fingerprint density at radius 2 is 1.96 bits per heavy atom. The van der Waals surface area contributed by atoms with E-state index in [1.165, 1.54) is 5.56 Å². The Morgan fingerprint density at radius 3 is 2.79 bits per heavy atom. The van der Waals surface area contributed by atoms with E-state index in [1.807, 2.05) is 48.9 Å². The smallest absolute Gasteiger partial charge is 0.0992 e. The zero-order valence-corrected chi connectivity index (χ0v) is 13.3. The minimum absolute atomic E-state index is 0.664. The van der Waals surface area contributed by atoms with Crippen LogP contribution in [-0.2, 0) is 0 Å². The van der Waals surface area contributed by atoms with Crippen LogP contribution in [0, 0.1) is 18.3 Å². The van der Waals surface area contributed by atoms with Crippen molar-refractivity contribution >= 4 is 10.9 Å². The minimum atomic E-state index is 0.664. The lowest BCUT2D eigenvalue weighted by Crippen LogP contribution is -1.92. The van der Waals surface area contributed by atoms with Crippen molar-refractivity contribution in [2.75, 3.05) is 0 Å². The summed E-state index contributed by atoms with van der Waals surface area (Å²) in [6.07, 6.45) is 5.76. The predicted octanol–water partition coefficient (Wildman–Crippen LogP) is 4.87. The third-order valence-electron chi connectivity index (χ3n) is 4.29. The minimum Gasteiger partial charge on any atom is -0.317 e. The SMILES string of the molecule is Cc1ccncc1-c1ccc2c(ccn2-c2cccc(C#N)c2)c1. The van der Waals surface area contributed by atoms with Gasteiger partial charge in [0.2, 0.25) is 0 Å². The number of pyridine rings is 1. The normalized spacial score (nSPS) is 10.7. The molecule has 0 unspecified atom stereocenters. The zero-order valence-electron chi connectivity index (χ0n) is 13.3. The van der Waals surface area contributed by atoms with Crippen LogP contribution in [0.5, 0.6) is 0 Å². The second-order valence-electron chi connectivity index (χ2n) is 5.81. The zero-order chi connectivity index (χ0) is 16.5. The van der Waals surface area contributed by atoms with Crippen molar-refractivity contribution < 1.29 is 0 Å². The highest BCUT2D eigenvalue weighted by Crippen LogP contribution is 2.28. The summed E-state index contributed by atoms with van der Waals surface area (Å²) in [5, 5.41) is 10.3. The summed E-state index contributed by atoms with van der Waals surface area (Å²) in [6, 6.07) is 20.4. The van der Waals surface area contributed by atoms with Gasteiger partial charge >= 0.3 is 0 Å². The summed E-state index contributed by atoms with van der Waals surface area (Å²) in [6.45, 7) is 2.10. The topological polar surface area (TPSA) is 41.6 Å². The fraction of sp³-hybridized carbons (Fsp3) is 0.0476. The van der Waals surface area contributed by atoms with Crippen LogP contribution in [0.4, 0.5) is 0 Å². The maximum Gasteiger partial charge on any atom is 0.0992 e. The molecular formula is C21H15N3. The first-order valence-corrected chi connectivity index (χ1v) is 7.79. The van der Waals surface area contributed by atoms with E-state index in [1.54, 1.807) is 0 Å². The van der Waals surface area contributed by atoms with E-state index < -0.39 is 0 Å². The van der Waals surface area contributed by atoms with E-state index in [4.69, 9.17) is 5.26 Å². The first-order chi connectivity index (χ1) is 11.8. The van der Waals surface area contributed by atoms with Crippen LogP contribution in [0.2, 0.25) is 0 Å². The van der Waals surface area contributed by atoms with Gasteiger partial charge in [0.05, 0.1) is 17.1 Å². The van der Waals surface area contributed by atoms with Gasteiger partial charge < -0.3 is 4.57 Å². The molecule has 0 N–H and O–H groups in total. The van der Waals surface area contributed by atoms with Gasteiger partial charge in [0.1, 0.15) is 0 Å². The molecule has 2 aromatic heterocycles. The molecule has 0 aliphatic carbocycles. The average molecular weight is 309 g/mol. The maximum atomic E-state index is 9.10. The summed E-state index contributed by atoms with van der Waals surface area (Å²) >= 11 is 0. The quantitative estimate of drug-likeness (QED) is 0.530. The molecule has 0 bridgehead atoms. The van der Waals surface area contributed by atoms with E-state index in [0.717, 1.165) is 27.7 Å². The predicted molar refractivity (Wildman–Crippen MR) is 96.0 cm³/mol. The van der Waals surface area contributed by atoms with Crippen LogP contribution >= 0.6 is 0 Å². The number of hydrogen-bond acceptors (Lipinski definition) is 2. The Kier molecular flexibility index (Phi) is 3.36. The third kappa shape index (κ3) is 2.35. The van der Waals surface area contributed by atoms with Gasteiger partial charge in [0.15, 0.2) is 0 Å². The molecule has 4 rings (SSSR count). The Morgan fingerprint density at radius 1 is 1.04 bits per heavy atom. The van der Waals surface area contributed by atoms with Crippen molar-refractivity contribution in [2.45, 2.75) is 6.92 Å². The molecule has 0 fully saturated rings. The molecule has 24 heavy (non-hydrogen) atoms.